The number of halogens is 1. The average Bonchev–Trinajstić information content (AvgIpc) is 2.93. The van der Waals surface area contributed by atoms with Crippen molar-refractivity contribution in [2.24, 2.45) is 0 Å². The summed E-state index contributed by atoms with van der Waals surface area (Å²) in [5.74, 6) is 2.00. The zero-order valence-corrected chi connectivity index (χ0v) is 22.0. The van der Waals surface area contributed by atoms with E-state index >= 15 is 0 Å². The summed E-state index contributed by atoms with van der Waals surface area (Å²) in [6.07, 6.45) is 10.6. The van der Waals surface area contributed by atoms with Crippen molar-refractivity contribution in [3.63, 3.8) is 0 Å². The Bertz CT molecular complexity index is 1180. The van der Waals surface area contributed by atoms with Gasteiger partial charge in [0.2, 0.25) is 17.8 Å². The number of carbonyl (C=O) groups excluding carboxylic acids is 1. The van der Waals surface area contributed by atoms with Crippen LogP contribution in [0.15, 0.2) is 59.1 Å². The third-order valence-electron chi connectivity index (χ3n) is 6.59. The molecule has 2 aromatic carbocycles. The van der Waals surface area contributed by atoms with Crippen molar-refractivity contribution < 1.29 is 4.79 Å². The normalized spacial score (nSPS) is 16.4. The van der Waals surface area contributed by atoms with Gasteiger partial charge in [-0.3, -0.25) is 4.79 Å². The lowest BCUT2D eigenvalue weighted by Crippen LogP contribution is -2.34. The highest BCUT2D eigenvalue weighted by atomic mass is 79.9. The van der Waals surface area contributed by atoms with Crippen molar-refractivity contribution in [3.8, 4) is 0 Å². The molecule has 0 bridgehead atoms. The van der Waals surface area contributed by atoms with E-state index in [-0.39, 0.29) is 5.78 Å². The molecule has 0 spiro atoms. The topological polar surface area (TPSA) is 74.2 Å². The molecule has 2 aliphatic rings. The van der Waals surface area contributed by atoms with E-state index in [4.69, 9.17) is 15.0 Å². The predicted octanol–water partition coefficient (Wildman–Crippen LogP) is 6.25. The van der Waals surface area contributed by atoms with Crippen molar-refractivity contribution in [1.82, 2.24) is 15.0 Å². The fourth-order valence-electron chi connectivity index (χ4n) is 4.61. The third kappa shape index (κ3) is 6.29. The van der Waals surface area contributed by atoms with Crippen molar-refractivity contribution in [1.29, 1.82) is 0 Å². The molecule has 8 heteroatoms. The molecule has 0 radical (unpaired) electrons. The fourth-order valence-corrected chi connectivity index (χ4v) is 5.02. The number of anilines is 4. The Hall–Kier alpha value is -3.26. The Morgan fingerprint density at radius 1 is 0.806 bits per heavy atom. The summed E-state index contributed by atoms with van der Waals surface area (Å²) in [7, 11) is 0. The first kappa shape index (κ1) is 24.4. The Morgan fingerprint density at radius 3 is 2.00 bits per heavy atom. The van der Waals surface area contributed by atoms with Gasteiger partial charge in [0.15, 0.2) is 5.78 Å². The molecule has 2 aliphatic heterocycles. The number of nitrogens with zero attached hydrogens (tertiary/aromatic N) is 5. The number of ketones is 1. The Balaban J connectivity index is 1.32. The second-order valence-electron chi connectivity index (χ2n) is 9.31. The Kier molecular flexibility index (Phi) is 7.91. The summed E-state index contributed by atoms with van der Waals surface area (Å²) in [6, 6.07) is 15.3. The molecule has 2 saturated heterocycles. The minimum Gasteiger partial charge on any atom is -0.341 e. The van der Waals surface area contributed by atoms with Crippen molar-refractivity contribution in [3.05, 3.63) is 70.2 Å². The van der Waals surface area contributed by atoms with Gasteiger partial charge in [-0.25, -0.2) is 0 Å². The van der Waals surface area contributed by atoms with Crippen molar-refractivity contribution in [2.45, 2.75) is 38.5 Å². The van der Waals surface area contributed by atoms with Gasteiger partial charge in [-0.2, -0.15) is 15.0 Å². The van der Waals surface area contributed by atoms with Gasteiger partial charge in [-0.1, -0.05) is 34.1 Å². The molecule has 0 unspecified atom stereocenters. The number of hydrogen-bond donors (Lipinski definition) is 1. The van der Waals surface area contributed by atoms with Crippen LogP contribution in [0, 0.1) is 0 Å². The van der Waals surface area contributed by atoms with E-state index in [9.17, 15) is 4.79 Å². The van der Waals surface area contributed by atoms with E-state index in [1.54, 1.807) is 6.08 Å². The van der Waals surface area contributed by atoms with Gasteiger partial charge in [0.25, 0.3) is 0 Å². The number of carbonyl (C=O) groups is 1. The fraction of sp³-hybridized carbons (Fsp3) is 0.357. The lowest BCUT2D eigenvalue weighted by molar-refractivity contribution is 0.104. The third-order valence-corrected chi connectivity index (χ3v) is 7.08. The number of allylic oxidation sites excluding steroid dienone is 1. The molecular formula is C28H31BrN6O. The molecule has 36 heavy (non-hydrogen) atoms. The summed E-state index contributed by atoms with van der Waals surface area (Å²) < 4.78 is 0.984. The van der Waals surface area contributed by atoms with Crippen LogP contribution in [-0.2, 0) is 0 Å². The first-order chi connectivity index (χ1) is 17.6. The maximum Gasteiger partial charge on any atom is 0.233 e. The molecule has 3 heterocycles. The van der Waals surface area contributed by atoms with Gasteiger partial charge < -0.3 is 15.1 Å². The molecule has 2 fully saturated rings. The lowest BCUT2D eigenvalue weighted by Gasteiger charge is -2.30. The number of rotatable bonds is 7. The number of aromatic nitrogens is 3. The van der Waals surface area contributed by atoms with Crippen LogP contribution in [0.2, 0.25) is 0 Å². The van der Waals surface area contributed by atoms with E-state index in [0.717, 1.165) is 53.8 Å². The van der Waals surface area contributed by atoms with Crippen LogP contribution >= 0.6 is 15.9 Å². The van der Waals surface area contributed by atoms with E-state index < -0.39 is 0 Å². The van der Waals surface area contributed by atoms with Crippen molar-refractivity contribution in [2.75, 3.05) is 41.3 Å². The van der Waals surface area contributed by atoms with Crippen LogP contribution < -0.4 is 15.1 Å². The van der Waals surface area contributed by atoms with Gasteiger partial charge >= 0.3 is 0 Å². The maximum absolute atomic E-state index is 12.6. The zero-order chi connectivity index (χ0) is 24.7. The van der Waals surface area contributed by atoms with Crippen LogP contribution in [0.1, 0.15) is 54.4 Å². The quantitative estimate of drug-likeness (QED) is 0.277. The highest BCUT2D eigenvalue weighted by molar-refractivity contribution is 9.10. The lowest BCUT2D eigenvalue weighted by atomic mass is 10.1. The SMILES string of the molecule is O=C(/C=C/c1cccc(Br)c1)c1ccc(Nc2nc(N3CCCCC3)nc(N3CCCCC3)n2)cc1. The van der Waals surface area contributed by atoms with E-state index in [0.29, 0.717) is 11.5 Å². The standard InChI is InChI=1S/C28H31BrN6O/c29-23-9-7-8-21(20-23)10-15-25(36)22-11-13-24(14-12-22)30-26-31-27(34-16-3-1-4-17-34)33-28(32-26)35-18-5-2-6-19-35/h7-15,20H,1-6,16-19H2,(H,30,31,32,33)/b15-10+. The minimum atomic E-state index is -0.0403. The molecule has 5 rings (SSSR count). The largest absolute Gasteiger partial charge is 0.341 e. The van der Waals surface area contributed by atoms with Crippen LogP contribution in [0.3, 0.4) is 0 Å². The second-order valence-corrected chi connectivity index (χ2v) is 10.2. The first-order valence-electron chi connectivity index (χ1n) is 12.8. The summed E-state index contributed by atoms with van der Waals surface area (Å²) in [5.41, 5.74) is 2.44. The van der Waals surface area contributed by atoms with Gasteiger partial charge in [-0.05, 0) is 86.6 Å². The Labute approximate surface area is 220 Å². The average molecular weight is 548 g/mol. The summed E-state index contributed by atoms with van der Waals surface area (Å²) in [5, 5.41) is 3.34. The maximum atomic E-state index is 12.6. The summed E-state index contributed by atoms with van der Waals surface area (Å²) in [6.45, 7) is 3.92. The number of piperidine rings is 2. The van der Waals surface area contributed by atoms with Crippen molar-refractivity contribution >= 4 is 51.3 Å². The van der Waals surface area contributed by atoms with Crippen LogP contribution in [0.4, 0.5) is 23.5 Å². The van der Waals surface area contributed by atoms with Gasteiger partial charge in [0, 0.05) is 41.9 Å². The van der Waals surface area contributed by atoms with Gasteiger partial charge in [0.05, 0.1) is 0 Å². The van der Waals surface area contributed by atoms with E-state index in [1.807, 2.05) is 54.6 Å². The molecule has 0 amide bonds. The molecule has 7 nitrogen and oxygen atoms in total. The van der Waals surface area contributed by atoms with Gasteiger partial charge in [-0.15, -0.1) is 0 Å². The van der Waals surface area contributed by atoms with E-state index in [2.05, 4.69) is 31.0 Å². The molecule has 1 aromatic heterocycles. The highest BCUT2D eigenvalue weighted by Gasteiger charge is 2.20. The summed E-state index contributed by atoms with van der Waals surface area (Å²) >= 11 is 3.46. The predicted molar refractivity (Wildman–Crippen MR) is 149 cm³/mol. The van der Waals surface area contributed by atoms with Gasteiger partial charge in [0.1, 0.15) is 0 Å². The number of nitrogens with one attached hydrogen (secondary N) is 1. The smallest absolute Gasteiger partial charge is 0.233 e. The molecule has 186 valence electrons. The molecule has 0 aliphatic carbocycles. The first-order valence-corrected chi connectivity index (χ1v) is 13.5. The van der Waals surface area contributed by atoms with Crippen LogP contribution in [0.25, 0.3) is 6.08 Å². The second kappa shape index (κ2) is 11.6. The molecule has 0 saturated carbocycles. The van der Waals surface area contributed by atoms with E-state index in [1.165, 1.54) is 38.5 Å². The molecule has 0 atom stereocenters. The number of benzene rings is 2. The monoisotopic (exact) mass is 546 g/mol. The molecule has 3 aromatic rings. The number of hydrogen-bond acceptors (Lipinski definition) is 7. The summed E-state index contributed by atoms with van der Waals surface area (Å²) in [4.78, 5) is 31.5. The van der Waals surface area contributed by atoms with Crippen LogP contribution in [0.5, 0.6) is 0 Å². The van der Waals surface area contributed by atoms with Crippen LogP contribution in [-0.4, -0.2) is 46.9 Å². The molecular weight excluding hydrogens is 516 g/mol. The minimum absolute atomic E-state index is 0.0403. The highest BCUT2D eigenvalue weighted by Crippen LogP contribution is 2.24. The Morgan fingerprint density at radius 2 is 1.42 bits per heavy atom. The molecule has 1 N–H and O–H groups in total. The zero-order valence-electron chi connectivity index (χ0n) is 20.4.